The summed E-state index contributed by atoms with van der Waals surface area (Å²) in [4.78, 5) is 19.1. The summed E-state index contributed by atoms with van der Waals surface area (Å²) in [5.74, 6) is 0.973. The summed E-state index contributed by atoms with van der Waals surface area (Å²) in [5, 5.41) is 9.73. The van der Waals surface area contributed by atoms with Crippen molar-refractivity contribution in [3.63, 3.8) is 0 Å². The third-order valence-corrected chi connectivity index (χ3v) is 5.88. The summed E-state index contributed by atoms with van der Waals surface area (Å²) in [6, 6.07) is 11.4. The van der Waals surface area contributed by atoms with Crippen LogP contribution in [0, 0.1) is 13.8 Å². The van der Waals surface area contributed by atoms with E-state index in [2.05, 4.69) is 15.2 Å². The summed E-state index contributed by atoms with van der Waals surface area (Å²) in [5.41, 5.74) is 4.66. The molecule has 1 aromatic heterocycles. The second-order valence-electron chi connectivity index (χ2n) is 7.04. The van der Waals surface area contributed by atoms with E-state index in [9.17, 15) is 4.79 Å². The Bertz CT molecular complexity index is 1140. The average Bonchev–Trinajstić information content (AvgIpc) is 2.83. The Morgan fingerprint density at radius 2 is 2.00 bits per heavy atom. The van der Waals surface area contributed by atoms with Crippen molar-refractivity contribution in [1.82, 2.24) is 15.2 Å². The van der Waals surface area contributed by atoms with E-state index in [4.69, 9.17) is 16.3 Å². The molecule has 0 spiro atoms. The fourth-order valence-corrected chi connectivity index (χ4v) is 4.41. The molecule has 1 aliphatic heterocycles. The molecule has 0 radical (unpaired) electrons. The molecule has 0 saturated heterocycles. The van der Waals surface area contributed by atoms with Crippen molar-refractivity contribution >= 4 is 35.0 Å². The van der Waals surface area contributed by atoms with Gasteiger partial charge in [0, 0.05) is 23.1 Å². The molecule has 0 bridgehead atoms. The molecule has 2 aromatic carbocycles. The lowest BCUT2D eigenvalue weighted by molar-refractivity contribution is -0.118. The van der Waals surface area contributed by atoms with Gasteiger partial charge >= 0.3 is 0 Å². The van der Waals surface area contributed by atoms with Gasteiger partial charge in [-0.25, -0.2) is 0 Å². The van der Waals surface area contributed by atoms with Gasteiger partial charge in [-0.2, -0.15) is 4.98 Å². The molecule has 30 heavy (non-hydrogen) atoms. The van der Waals surface area contributed by atoms with Crippen LogP contribution in [0.5, 0.6) is 5.88 Å². The summed E-state index contributed by atoms with van der Waals surface area (Å²) in [6.45, 7) is 7.51. The minimum absolute atomic E-state index is 0.169. The molecule has 1 aliphatic rings. The van der Waals surface area contributed by atoms with Crippen molar-refractivity contribution in [3.05, 3.63) is 58.1 Å². The Morgan fingerprint density at radius 3 is 2.70 bits per heavy atom. The number of carbonyl (C=O) groups excluding carboxylic acids is 1. The van der Waals surface area contributed by atoms with Crippen molar-refractivity contribution in [2.75, 3.05) is 10.7 Å². The minimum atomic E-state index is -0.784. The van der Waals surface area contributed by atoms with E-state index in [1.165, 1.54) is 18.7 Å². The monoisotopic (exact) mass is 440 g/mol. The third kappa shape index (κ3) is 3.63. The van der Waals surface area contributed by atoms with Crippen LogP contribution in [0.15, 0.2) is 41.6 Å². The van der Waals surface area contributed by atoms with Crippen molar-refractivity contribution < 1.29 is 9.53 Å². The van der Waals surface area contributed by atoms with Crippen LogP contribution in [-0.4, -0.2) is 26.8 Å². The van der Waals surface area contributed by atoms with E-state index < -0.39 is 6.23 Å². The van der Waals surface area contributed by atoms with Gasteiger partial charge in [0.1, 0.15) is 0 Å². The van der Waals surface area contributed by atoms with Crippen LogP contribution >= 0.6 is 23.4 Å². The molecule has 1 amide bonds. The molecule has 2 heterocycles. The molecular formula is C22H21ClN4O2S. The molecule has 4 rings (SSSR count). The van der Waals surface area contributed by atoms with Crippen LogP contribution in [0.4, 0.5) is 5.69 Å². The van der Waals surface area contributed by atoms with Crippen LogP contribution in [-0.2, 0) is 4.79 Å². The summed E-state index contributed by atoms with van der Waals surface area (Å²) < 4.78 is 6.36. The Kier molecular flexibility index (Phi) is 5.66. The smallest absolute Gasteiger partial charge is 0.247 e. The Morgan fingerprint density at radius 1 is 1.23 bits per heavy atom. The highest BCUT2D eigenvalue weighted by Gasteiger charge is 2.36. The van der Waals surface area contributed by atoms with Gasteiger partial charge in [-0.15, -0.1) is 10.2 Å². The topological polar surface area (TPSA) is 68.2 Å². The second kappa shape index (κ2) is 8.24. The first-order chi connectivity index (χ1) is 14.4. The number of hydrogen-bond acceptors (Lipinski definition) is 6. The number of halogens is 1. The predicted molar refractivity (Wildman–Crippen MR) is 119 cm³/mol. The van der Waals surface area contributed by atoms with Gasteiger partial charge in [0.15, 0.2) is 5.69 Å². The first-order valence-corrected chi connectivity index (χ1v) is 11.0. The molecule has 0 fully saturated rings. The first kappa shape index (κ1) is 20.6. The Balaban J connectivity index is 2.04. The number of aromatic nitrogens is 3. The number of nitrogens with zero attached hydrogens (tertiary/aromatic N) is 4. The first-order valence-electron chi connectivity index (χ1n) is 9.60. The zero-order valence-electron chi connectivity index (χ0n) is 17.1. The number of amides is 1. The number of rotatable bonds is 3. The fourth-order valence-electron chi connectivity index (χ4n) is 3.68. The van der Waals surface area contributed by atoms with E-state index in [1.807, 2.05) is 51.1 Å². The normalized spacial score (nSPS) is 15.1. The van der Waals surface area contributed by atoms with Crippen molar-refractivity contribution in [2.24, 2.45) is 0 Å². The molecule has 8 heteroatoms. The van der Waals surface area contributed by atoms with Gasteiger partial charge in [-0.3, -0.25) is 9.69 Å². The highest BCUT2D eigenvalue weighted by Crippen LogP contribution is 2.46. The minimum Gasteiger partial charge on any atom is -0.447 e. The highest BCUT2D eigenvalue weighted by atomic mass is 35.5. The van der Waals surface area contributed by atoms with Gasteiger partial charge in [-0.1, -0.05) is 60.1 Å². The van der Waals surface area contributed by atoms with Gasteiger partial charge in [0.2, 0.25) is 23.2 Å². The number of anilines is 1. The zero-order chi connectivity index (χ0) is 21.4. The van der Waals surface area contributed by atoms with Crippen LogP contribution in [0.1, 0.15) is 36.8 Å². The number of aryl methyl sites for hydroxylation is 2. The van der Waals surface area contributed by atoms with Crippen LogP contribution < -0.4 is 9.64 Å². The molecular weight excluding hydrogens is 420 g/mol. The molecule has 154 valence electrons. The summed E-state index contributed by atoms with van der Waals surface area (Å²) in [7, 11) is 0. The maximum atomic E-state index is 12.9. The quantitative estimate of drug-likeness (QED) is 0.510. The second-order valence-corrected chi connectivity index (χ2v) is 8.68. The highest BCUT2D eigenvalue weighted by molar-refractivity contribution is 7.99. The maximum absolute atomic E-state index is 12.9. The number of benzene rings is 2. The van der Waals surface area contributed by atoms with Crippen LogP contribution in [0.25, 0.3) is 11.3 Å². The summed E-state index contributed by atoms with van der Waals surface area (Å²) in [6.07, 6.45) is -0.784. The largest absolute Gasteiger partial charge is 0.447 e. The molecule has 1 atom stereocenters. The number of hydrogen-bond donors (Lipinski definition) is 0. The SMILES string of the molecule is CCSc1nnc2c(n1)OC(c1ccccc1Cl)N(C(C)=O)c1c(C)cc(C)cc1-2. The number of ether oxygens (including phenoxy) is 1. The van der Waals surface area contributed by atoms with Gasteiger partial charge < -0.3 is 4.74 Å². The Labute approximate surface area is 184 Å². The standard InChI is InChI=1S/C22H21ClN4O2S/c1-5-30-22-24-20-18(25-26-22)16-11-12(2)10-13(3)19(16)27(14(4)28)21(29-20)15-8-6-7-9-17(15)23/h6-11,21H,5H2,1-4H3. The van der Waals surface area contributed by atoms with Crippen LogP contribution in [0.3, 0.4) is 0 Å². The van der Waals surface area contributed by atoms with Gasteiger partial charge in [0.05, 0.1) is 5.69 Å². The third-order valence-electron chi connectivity index (χ3n) is 4.82. The lowest BCUT2D eigenvalue weighted by Gasteiger charge is -2.31. The van der Waals surface area contributed by atoms with Crippen molar-refractivity contribution in [1.29, 1.82) is 0 Å². The fraction of sp³-hybridized carbons (Fsp3) is 0.273. The molecule has 0 saturated carbocycles. The van der Waals surface area contributed by atoms with Crippen LogP contribution in [0.2, 0.25) is 5.02 Å². The number of carbonyl (C=O) groups is 1. The van der Waals surface area contributed by atoms with Gasteiger partial charge in [-0.05, 0) is 37.3 Å². The molecule has 6 nitrogen and oxygen atoms in total. The van der Waals surface area contributed by atoms with E-state index in [-0.39, 0.29) is 5.91 Å². The van der Waals surface area contributed by atoms with E-state index >= 15 is 0 Å². The molecule has 3 aromatic rings. The van der Waals surface area contributed by atoms with Gasteiger partial charge in [0.25, 0.3) is 0 Å². The zero-order valence-corrected chi connectivity index (χ0v) is 18.7. The van der Waals surface area contributed by atoms with Crippen molar-refractivity contribution in [2.45, 2.75) is 39.1 Å². The van der Waals surface area contributed by atoms with E-state index in [1.54, 1.807) is 11.0 Å². The average molecular weight is 441 g/mol. The number of fused-ring (bicyclic) bond motifs is 3. The summed E-state index contributed by atoms with van der Waals surface area (Å²) >= 11 is 7.99. The molecule has 0 aliphatic carbocycles. The number of thioether (sulfide) groups is 1. The molecule has 0 N–H and O–H groups in total. The Hall–Kier alpha value is -2.64. The van der Waals surface area contributed by atoms with Crippen molar-refractivity contribution in [3.8, 4) is 17.1 Å². The lowest BCUT2D eigenvalue weighted by Crippen LogP contribution is -2.36. The molecule has 1 unspecified atom stereocenters. The van der Waals surface area contributed by atoms with E-state index in [0.29, 0.717) is 27.3 Å². The lowest BCUT2D eigenvalue weighted by atomic mass is 10.00. The maximum Gasteiger partial charge on any atom is 0.247 e. The van der Waals surface area contributed by atoms with E-state index in [0.717, 1.165) is 28.1 Å². The predicted octanol–water partition coefficient (Wildman–Crippen LogP) is 5.36.